The summed E-state index contributed by atoms with van der Waals surface area (Å²) in [4.78, 5) is 37.3. The highest BCUT2D eigenvalue weighted by Gasteiger charge is 2.46. The fourth-order valence-electron chi connectivity index (χ4n) is 2.31. The number of nitrogens with one attached hydrogen (secondary N) is 1. The highest BCUT2D eigenvalue weighted by atomic mass is 35.5. The van der Waals surface area contributed by atoms with Crippen LogP contribution >= 0.6 is 31.4 Å². The van der Waals surface area contributed by atoms with Crippen molar-refractivity contribution in [3.05, 3.63) is 58.6 Å². The molecule has 1 atom stereocenters. The minimum Gasteiger partial charge on any atom is -0.574 e. The molecule has 13 heteroatoms. The number of nitrogens with zero attached hydrogens (tertiary/aromatic N) is 2. The molecule has 0 aliphatic heterocycles. The average Bonchev–Trinajstić information content (AvgIpc) is 3.54. The molecule has 0 heterocycles. The van der Waals surface area contributed by atoms with Crippen molar-refractivity contribution in [1.29, 1.82) is 0 Å². The minimum atomic E-state index is -2.35. The van der Waals surface area contributed by atoms with Gasteiger partial charge in [0.25, 0.3) is 5.69 Å². The lowest BCUT2D eigenvalue weighted by Gasteiger charge is -2.07. The quantitative estimate of drug-likeness (QED) is 0.117. The number of nitro groups is 1. The van der Waals surface area contributed by atoms with Crippen LogP contribution in [0.3, 0.4) is 0 Å². The van der Waals surface area contributed by atoms with E-state index in [0.29, 0.717) is 17.2 Å². The molecule has 1 unspecified atom stereocenters. The second-order valence-electron chi connectivity index (χ2n) is 6.96. The first-order valence-corrected chi connectivity index (χ1v) is 11.9. The SMILES string of the molecule is CC1(C(=O)OCCN/N=[P+](\[O-])Oc2ccc(Oc3ccc([N+](=O)[O-])cc3)cc2)CC1.ClCCl. The molecule has 1 N–H and O–H groups in total. The number of nitro benzene ring substituents is 1. The van der Waals surface area contributed by atoms with Gasteiger partial charge in [-0.15, -0.1) is 23.2 Å². The lowest BCUT2D eigenvalue weighted by molar-refractivity contribution is -0.384. The van der Waals surface area contributed by atoms with Gasteiger partial charge in [-0.25, -0.2) is 0 Å². The number of alkyl halides is 2. The summed E-state index contributed by atoms with van der Waals surface area (Å²) in [6, 6.07) is 12.0. The van der Waals surface area contributed by atoms with Gasteiger partial charge in [0.1, 0.15) is 18.1 Å². The maximum absolute atomic E-state index is 11.8. The van der Waals surface area contributed by atoms with Crippen molar-refractivity contribution in [2.45, 2.75) is 19.8 Å². The van der Waals surface area contributed by atoms with Crippen LogP contribution in [-0.4, -0.2) is 29.4 Å². The molecule has 1 saturated carbocycles. The molecule has 2 aromatic rings. The van der Waals surface area contributed by atoms with E-state index in [1.54, 1.807) is 24.3 Å². The van der Waals surface area contributed by atoms with Crippen LogP contribution in [0.4, 0.5) is 5.69 Å². The summed E-state index contributed by atoms with van der Waals surface area (Å²) in [5.41, 5.74) is 2.20. The van der Waals surface area contributed by atoms with Crippen LogP contribution in [0.1, 0.15) is 19.8 Å². The maximum atomic E-state index is 11.8. The zero-order chi connectivity index (χ0) is 24.3. The highest BCUT2D eigenvalue weighted by molar-refractivity contribution is 7.33. The first kappa shape index (κ1) is 26.8. The molecular formula is C20H22Cl2N3O7P. The number of rotatable bonds is 10. The van der Waals surface area contributed by atoms with Crippen LogP contribution in [0.5, 0.6) is 17.2 Å². The predicted molar refractivity (Wildman–Crippen MR) is 122 cm³/mol. The molecule has 0 saturated heterocycles. The van der Waals surface area contributed by atoms with Gasteiger partial charge >= 0.3 is 14.1 Å². The number of benzene rings is 2. The van der Waals surface area contributed by atoms with E-state index in [2.05, 4.69) is 10.3 Å². The lowest BCUT2D eigenvalue weighted by atomic mass is 10.1. The maximum Gasteiger partial charge on any atom is 0.412 e. The van der Waals surface area contributed by atoms with Gasteiger partial charge < -0.3 is 14.4 Å². The Balaban J connectivity index is 0.00000122. The third-order valence-corrected chi connectivity index (χ3v) is 5.05. The first-order valence-electron chi connectivity index (χ1n) is 9.67. The molecule has 0 amide bonds. The molecule has 0 bridgehead atoms. The Kier molecular flexibility index (Phi) is 10.8. The number of ether oxygens (including phenoxy) is 2. The van der Waals surface area contributed by atoms with Gasteiger partial charge in [0.15, 0.2) is 5.75 Å². The fourth-order valence-corrected chi connectivity index (χ4v) is 2.87. The van der Waals surface area contributed by atoms with Gasteiger partial charge in [-0.1, -0.05) is 0 Å². The molecule has 0 spiro atoms. The smallest absolute Gasteiger partial charge is 0.412 e. The van der Waals surface area contributed by atoms with Crippen LogP contribution in [0.2, 0.25) is 0 Å². The van der Waals surface area contributed by atoms with Crippen molar-refractivity contribution in [3.63, 3.8) is 0 Å². The molecule has 3 rings (SSSR count). The Morgan fingerprint density at radius 1 is 1.12 bits per heavy atom. The van der Waals surface area contributed by atoms with Crippen LogP contribution in [0, 0.1) is 15.5 Å². The summed E-state index contributed by atoms with van der Waals surface area (Å²) in [5, 5.41) is 10.8. The van der Waals surface area contributed by atoms with Crippen LogP contribution < -0.4 is 19.6 Å². The number of halogens is 2. The third kappa shape index (κ3) is 9.49. The number of esters is 1. The Bertz CT molecular complexity index is 955. The molecule has 2 aromatic carbocycles. The lowest BCUT2D eigenvalue weighted by Crippen LogP contribution is -2.21. The summed E-state index contributed by atoms with van der Waals surface area (Å²) in [6.45, 7) is 2.23. The topological polar surface area (TPSA) is 135 Å². The number of non-ortho nitro benzene ring substituents is 1. The van der Waals surface area contributed by atoms with E-state index in [1.807, 2.05) is 6.92 Å². The fraction of sp³-hybridized carbons (Fsp3) is 0.350. The van der Waals surface area contributed by atoms with Gasteiger partial charge in [-0.3, -0.25) is 19.4 Å². The van der Waals surface area contributed by atoms with Gasteiger partial charge in [0.2, 0.25) is 0 Å². The summed E-state index contributed by atoms with van der Waals surface area (Å²) in [5.74, 6) is 1.02. The standard InChI is InChI=1S/C19H20N3O7P.CH2Cl2/c1-19(10-11-19)18(23)27-13-12-20-21-30(26)29-17-8-6-16(7-9-17)28-15-4-2-14(3-5-15)22(24)25;2-1-3/h2-9,20H,10-13H2,1H3;1H2. The summed E-state index contributed by atoms with van der Waals surface area (Å²) in [6.07, 6.45) is 1.70. The van der Waals surface area contributed by atoms with Gasteiger partial charge in [0.05, 0.1) is 22.2 Å². The number of carbonyl (C=O) groups excluding carboxylic acids is 1. The first-order chi connectivity index (χ1) is 15.8. The Hall–Kier alpha value is -2.49. The van der Waals surface area contributed by atoms with Crippen LogP contribution in [0.25, 0.3) is 0 Å². The molecule has 1 aliphatic rings. The predicted octanol–water partition coefficient (Wildman–Crippen LogP) is 4.89. The molecule has 178 valence electrons. The largest absolute Gasteiger partial charge is 0.574 e. The van der Waals surface area contributed by atoms with E-state index < -0.39 is 13.1 Å². The molecule has 10 nitrogen and oxygen atoms in total. The van der Waals surface area contributed by atoms with E-state index in [9.17, 15) is 19.8 Å². The van der Waals surface area contributed by atoms with Crippen molar-refractivity contribution in [1.82, 2.24) is 5.43 Å². The van der Waals surface area contributed by atoms with Gasteiger partial charge in [-0.05, 0) is 56.2 Å². The number of hydrogen-bond donors (Lipinski definition) is 1. The summed E-state index contributed by atoms with van der Waals surface area (Å²) >= 11 is 9.53. The summed E-state index contributed by atoms with van der Waals surface area (Å²) < 4.78 is 15.9. The monoisotopic (exact) mass is 517 g/mol. The second-order valence-corrected chi connectivity index (χ2v) is 8.63. The average molecular weight is 518 g/mol. The number of carbonyl (C=O) groups is 1. The van der Waals surface area contributed by atoms with Gasteiger partial charge in [0, 0.05) is 17.0 Å². The van der Waals surface area contributed by atoms with Crippen LogP contribution in [-0.2, 0) is 9.53 Å². The normalized spacial score (nSPS) is 13.9. The van der Waals surface area contributed by atoms with Crippen molar-refractivity contribution in [2.24, 2.45) is 10.3 Å². The molecular weight excluding hydrogens is 496 g/mol. The van der Waals surface area contributed by atoms with E-state index in [4.69, 9.17) is 37.2 Å². The Morgan fingerprint density at radius 3 is 2.15 bits per heavy atom. The summed E-state index contributed by atoms with van der Waals surface area (Å²) in [7, 11) is -2.35. The second kappa shape index (κ2) is 13.3. The van der Waals surface area contributed by atoms with Crippen LogP contribution in [0.15, 0.2) is 53.4 Å². The van der Waals surface area contributed by atoms with Crippen molar-refractivity contribution < 1.29 is 28.6 Å². The van der Waals surface area contributed by atoms with E-state index in [1.165, 1.54) is 24.3 Å². The molecule has 33 heavy (non-hydrogen) atoms. The van der Waals surface area contributed by atoms with E-state index in [0.717, 1.165) is 12.8 Å². The Labute approximate surface area is 201 Å². The molecule has 1 aliphatic carbocycles. The van der Waals surface area contributed by atoms with E-state index in [-0.39, 0.29) is 35.6 Å². The van der Waals surface area contributed by atoms with Crippen molar-refractivity contribution in [2.75, 3.05) is 18.5 Å². The third-order valence-electron chi connectivity index (χ3n) is 4.38. The number of hydrogen-bond acceptors (Lipinski definition) is 8. The van der Waals surface area contributed by atoms with E-state index >= 15 is 0 Å². The molecule has 0 radical (unpaired) electrons. The molecule has 0 aromatic heterocycles. The Morgan fingerprint density at radius 2 is 1.64 bits per heavy atom. The van der Waals surface area contributed by atoms with Crippen molar-refractivity contribution in [3.8, 4) is 17.2 Å². The zero-order valence-corrected chi connectivity index (χ0v) is 20.0. The van der Waals surface area contributed by atoms with Gasteiger partial charge in [-0.2, -0.15) is 5.43 Å². The minimum absolute atomic E-state index is 0.0254. The molecule has 1 fully saturated rings. The zero-order valence-electron chi connectivity index (χ0n) is 17.6. The van der Waals surface area contributed by atoms with Crippen molar-refractivity contribution >= 4 is 43.0 Å². The highest BCUT2D eigenvalue weighted by Crippen LogP contribution is 2.45.